The van der Waals surface area contributed by atoms with E-state index < -0.39 is 0 Å². The van der Waals surface area contributed by atoms with Gasteiger partial charge in [-0.1, -0.05) is 19.9 Å². The summed E-state index contributed by atoms with van der Waals surface area (Å²) in [5.41, 5.74) is 3.99. The van der Waals surface area contributed by atoms with Crippen LogP contribution in [0.4, 0.5) is 0 Å². The number of methoxy groups -OCH3 is 1. The van der Waals surface area contributed by atoms with Gasteiger partial charge in [0.25, 0.3) is 0 Å². The minimum Gasteiger partial charge on any atom is -0.496 e. The highest BCUT2D eigenvalue weighted by molar-refractivity contribution is 5.43. The standard InChI is InChI=1S/C16H26N2O/c1-11(2)15-8-13(12(3)7-16(15)19-4)9-18-14-5-6-17-10-14/h7-8,11,14,17-18H,5-6,9-10H2,1-4H3. The molecule has 3 heteroatoms. The van der Waals surface area contributed by atoms with E-state index in [0.717, 1.165) is 25.4 Å². The van der Waals surface area contributed by atoms with Crippen molar-refractivity contribution in [1.82, 2.24) is 10.6 Å². The lowest BCUT2D eigenvalue weighted by Gasteiger charge is -2.18. The fourth-order valence-electron chi connectivity index (χ4n) is 2.65. The van der Waals surface area contributed by atoms with Gasteiger partial charge in [0.1, 0.15) is 5.75 Å². The van der Waals surface area contributed by atoms with Crippen molar-refractivity contribution in [2.45, 2.75) is 45.7 Å². The molecule has 2 N–H and O–H groups in total. The van der Waals surface area contributed by atoms with Crippen molar-refractivity contribution in [2.24, 2.45) is 0 Å². The summed E-state index contributed by atoms with van der Waals surface area (Å²) in [6.45, 7) is 9.76. The van der Waals surface area contributed by atoms with Crippen LogP contribution in [0.2, 0.25) is 0 Å². The van der Waals surface area contributed by atoms with E-state index in [9.17, 15) is 0 Å². The maximum Gasteiger partial charge on any atom is 0.122 e. The summed E-state index contributed by atoms with van der Waals surface area (Å²) < 4.78 is 5.49. The van der Waals surface area contributed by atoms with Crippen molar-refractivity contribution >= 4 is 0 Å². The predicted molar refractivity (Wildman–Crippen MR) is 79.9 cm³/mol. The fourth-order valence-corrected chi connectivity index (χ4v) is 2.65. The first-order chi connectivity index (χ1) is 9.11. The molecule has 1 unspecified atom stereocenters. The number of rotatable bonds is 5. The quantitative estimate of drug-likeness (QED) is 0.855. The van der Waals surface area contributed by atoms with Crippen molar-refractivity contribution in [2.75, 3.05) is 20.2 Å². The SMILES string of the molecule is COc1cc(C)c(CNC2CCNC2)cc1C(C)C. The average Bonchev–Trinajstić information content (AvgIpc) is 2.89. The Bertz CT molecular complexity index is 423. The molecule has 2 rings (SSSR count). The van der Waals surface area contributed by atoms with E-state index in [2.05, 4.69) is 43.5 Å². The molecule has 1 aliphatic rings. The van der Waals surface area contributed by atoms with Crippen molar-refractivity contribution in [3.8, 4) is 5.75 Å². The summed E-state index contributed by atoms with van der Waals surface area (Å²) in [7, 11) is 1.75. The molecule has 1 atom stereocenters. The normalized spacial score (nSPS) is 19.1. The lowest BCUT2D eigenvalue weighted by molar-refractivity contribution is 0.406. The molecule has 1 saturated heterocycles. The smallest absolute Gasteiger partial charge is 0.122 e. The molecule has 1 heterocycles. The second-order valence-electron chi connectivity index (χ2n) is 5.75. The molecule has 0 amide bonds. The third kappa shape index (κ3) is 3.48. The monoisotopic (exact) mass is 262 g/mol. The first-order valence-corrected chi connectivity index (χ1v) is 7.23. The van der Waals surface area contributed by atoms with Gasteiger partial charge in [0.05, 0.1) is 7.11 Å². The third-order valence-electron chi connectivity index (χ3n) is 3.95. The average molecular weight is 262 g/mol. The van der Waals surface area contributed by atoms with Gasteiger partial charge in [-0.2, -0.15) is 0 Å². The van der Waals surface area contributed by atoms with E-state index in [1.807, 2.05) is 0 Å². The van der Waals surface area contributed by atoms with Crippen LogP contribution in [-0.4, -0.2) is 26.2 Å². The molecule has 1 aromatic rings. The molecule has 106 valence electrons. The van der Waals surface area contributed by atoms with Crippen LogP contribution in [0, 0.1) is 6.92 Å². The van der Waals surface area contributed by atoms with Crippen LogP contribution in [0.1, 0.15) is 42.9 Å². The molecule has 19 heavy (non-hydrogen) atoms. The largest absolute Gasteiger partial charge is 0.496 e. The summed E-state index contributed by atoms with van der Waals surface area (Å²) in [6.07, 6.45) is 1.23. The van der Waals surface area contributed by atoms with E-state index in [4.69, 9.17) is 4.74 Å². The highest BCUT2D eigenvalue weighted by Crippen LogP contribution is 2.29. The predicted octanol–water partition coefficient (Wildman–Crippen LogP) is 2.58. The lowest BCUT2D eigenvalue weighted by Crippen LogP contribution is -2.30. The number of benzene rings is 1. The summed E-state index contributed by atoms with van der Waals surface area (Å²) >= 11 is 0. The van der Waals surface area contributed by atoms with Gasteiger partial charge in [-0.05, 0) is 48.6 Å². The Hall–Kier alpha value is -1.06. The third-order valence-corrected chi connectivity index (χ3v) is 3.95. The minimum atomic E-state index is 0.488. The zero-order valence-electron chi connectivity index (χ0n) is 12.5. The van der Waals surface area contributed by atoms with Gasteiger partial charge in [0, 0.05) is 19.1 Å². The molecule has 1 aliphatic heterocycles. The maximum atomic E-state index is 5.49. The van der Waals surface area contributed by atoms with Gasteiger partial charge in [0.2, 0.25) is 0 Å². The van der Waals surface area contributed by atoms with Crippen LogP contribution in [0.3, 0.4) is 0 Å². The van der Waals surface area contributed by atoms with Gasteiger partial charge < -0.3 is 15.4 Å². The molecule has 0 radical (unpaired) electrons. The zero-order chi connectivity index (χ0) is 13.8. The van der Waals surface area contributed by atoms with Crippen LogP contribution >= 0.6 is 0 Å². The Kier molecular flexibility index (Phi) is 4.83. The molecule has 1 fully saturated rings. The minimum absolute atomic E-state index is 0.488. The number of hydrogen-bond donors (Lipinski definition) is 2. The molecule has 0 aliphatic carbocycles. The molecular weight excluding hydrogens is 236 g/mol. The van der Waals surface area contributed by atoms with Crippen LogP contribution in [0.15, 0.2) is 12.1 Å². The van der Waals surface area contributed by atoms with Crippen LogP contribution in [0.5, 0.6) is 5.75 Å². The summed E-state index contributed by atoms with van der Waals surface area (Å²) in [4.78, 5) is 0. The molecular formula is C16H26N2O. The topological polar surface area (TPSA) is 33.3 Å². The maximum absolute atomic E-state index is 5.49. The van der Waals surface area contributed by atoms with Crippen molar-refractivity contribution < 1.29 is 4.74 Å². The van der Waals surface area contributed by atoms with Gasteiger partial charge in [-0.25, -0.2) is 0 Å². The van der Waals surface area contributed by atoms with E-state index in [1.54, 1.807) is 7.11 Å². The lowest BCUT2D eigenvalue weighted by atomic mass is 9.96. The summed E-state index contributed by atoms with van der Waals surface area (Å²) in [6, 6.07) is 5.08. The number of hydrogen-bond acceptors (Lipinski definition) is 3. The second-order valence-corrected chi connectivity index (χ2v) is 5.75. The fraction of sp³-hybridized carbons (Fsp3) is 0.625. The highest BCUT2D eigenvalue weighted by Gasteiger charge is 2.15. The molecule has 0 saturated carbocycles. The van der Waals surface area contributed by atoms with Crippen LogP contribution in [-0.2, 0) is 6.54 Å². The van der Waals surface area contributed by atoms with Gasteiger partial charge >= 0.3 is 0 Å². The van der Waals surface area contributed by atoms with Gasteiger partial charge in [-0.3, -0.25) is 0 Å². The Morgan fingerprint density at radius 3 is 2.79 bits per heavy atom. The molecule has 3 nitrogen and oxygen atoms in total. The van der Waals surface area contributed by atoms with Crippen molar-refractivity contribution in [3.63, 3.8) is 0 Å². The second kappa shape index (κ2) is 6.40. The van der Waals surface area contributed by atoms with Crippen molar-refractivity contribution in [3.05, 3.63) is 28.8 Å². The zero-order valence-corrected chi connectivity index (χ0v) is 12.5. The number of aryl methyl sites for hydroxylation is 1. The van der Waals surface area contributed by atoms with Gasteiger partial charge in [0.15, 0.2) is 0 Å². The van der Waals surface area contributed by atoms with Gasteiger partial charge in [-0.15, -0.1) is 0 Å². The molecule has 0 spiro atoms. The molecule has 0 bridgehead atoms. The van der Waals surface area contributed by atoms with Crippen LogP contribution in [0.25, 0.3) is 0 Å². The van der Waals surface area contributed by atoms with E-state index in [0.29, 0.717) is 12.0 Å². The van der Waals surface area contributed by atoms with Crippen LogP contribution < -0.4 is 15.4 Å². The summed E-state index contributed by atoms with van der Waals surface area (Å²) in [5, 5.41) is 7.03. The van der Waals surface area contributed by atoms with Crippen molar-refractivity contribution in [1.29, 1.82) is 0 Å². The first kappa shape index (κ1) is 14.4. The Balaban J connectivity index is 2.12. The van der Waals surface area contributed by atoms with E-state index in [1.165, 1.54) is 23.1 Å². The molecule has 1 aromatic carbocycles. The van der Waals surface area contributed by atoms with E-state index in [-0.39, 0.29) is 0 Å². The number of nitrogens with one attached hydrogen (secondary N) is 2. The Labute approximate surface area is 116 Å². The first-order valence-electron chi connectivity index (χ1n) is 7.23. The number of ether oxygens (including phenoxy) is 1. The Morgan fingerprint density at radius 2 is 2.21 bits per heavy atom. The summed E-state index contributed by atoms with van der Waals surface area (Å²) in [5.74, 6) is 1.50. The highest BCUT2D eigenvalue weighted by atomic mass is 16.5. The molecule has 0 aromatic heterocycles. The van der Waals surface area contributed by atoms with E-state index >= 15 is 0 Å². The Morgan fingerprint density at radius 1 is 1.42 bits per heavy atom.